The number of aromatic amines is 1. The van der Waals surface area contributed by atoms with Gasteiger partial charge < -0.3 is 5.73 Å². The van der Waals surface area contributed by atoms with E-state index in [-0.39, 0.29) is 29.8 Å². The van der Waals surface area contributed by atoms with Gasteiger partial charge in [0, 0.05) is 19.0 Å². The standard InChI is InChI=1S/C17H23N3O2/c1-17(2,3)13-7-4-12(5-8-13)6-9-15(21)20-16(22)10-14(11-18)19-20/h4-5,7-8,10,19H,6,9,11,18H2,1-3H3. The molecule has 2 aromatic rings. The fourth-order valence-corrected chi connectivity index (χ4v) is 2.27. The average Bonchev–Trinajstić information content (AvgIpc) is 2.85. The second kappa shape index (κ2) is 6.32. The highest BCUT2D eigenvalue weighted by atomic mass is 16.2. The molecule has 0 bridgehead atoms. The molecular weight excluding hydrogens is 278 g/mol. The van der Waals surface area contributed by atoms with Gasteiger partial charge in [0.1, 0.15) is 0 Å². The van der Waals surface area contributed by atoms with Gasteiger partial charge in [-0.15, -0.1) is 0 Å². The molecule has 1 heterocycles. The number of nitrogens with two attached hydrogens (primary N) is 1. The van der Waals surface area contributed by atoms with Crippen LogP contribution >= 0.6 is 0 Å². The Bertz CT molecular complexity index is 703. The minimum absolute atomic E-state index is 0.116. The van der Waals surface area contributed by atoms with Crippen molar-refractivity contribution >= 4 is 5.91 Å². The number of carbonyl (C=O) groups excluding carboxylic acids is 1. The van der Waals surface area contributed by atoms with E-state index in [1.165, 1.54) is 11.6 Å². The third-order valence-corrected chi connectivity index (χ3v) is 3.69. The summed E-state index contributed by atoms with van der Waals surface area (Å²) in [4.78, 5) is 23.7. The predicted octanol–water partition coefficient (Wildman–Crippen LogP) is 2.21. The summed E-state index contributed by atoms with van der Waals surface area (Å²) in [5.41, 5.74) is 8.12. The monoisotopic (exact) mass is 301 g/mol. The molecule has 0 radical (unpaired) electrons. The van der Waals surface area contributed by atoms with Crippen molar-refractivity contribution in [1.29, 1.82) is 0 Å². The molecule has 5 nitrogen and oxygen atoms in total. The zero-order valence-corrected chi connectivity index (χ0v) is 13.3. The molecule has 0 saturated carbocycles. The van der Waals surface area contributed by atoms with Crippen LogP contribution in [-0.2, 0) is 18.4 Å². The molecule has 0 spiro atoms. The van der Waals surface area contributed by atoms with E-state index in [4.69, 9.17) is 5.73 Å². The maximum absolute atomic E-state index is 12.1. The normalized spacial score (nSPS) is 11.6. The maximum Gasteiger partial charge on any atom is 0.273 e. The average molecular weight is 301 g/mol. The number of benzene rings is 1. The van der Waals surface area contributed by atoms with Gasteiger partial charge in [0.25, 0.3) is 5.56 Å². The van der Waals surface area contributed by atoms with Gasteiger partial charge in [-0.25, -0.2) is 0 Å². The highest BCUT2D eigenvalue weighted by Crippen LogP contribution is 2.22. The summed E-state index contributed by atoms with van der Waals surface area (Å²) >= 11 is 0. The Kier molecular flexibility index (Phi) is 4.66. The molecule has 1 aromatic heterocycles. The van der Waals surface area contributed by atoms with Crippen LogP contribution < -0.4 is 11.3 Å². The van der Waals surface area contributed by atoms with E-state index >= 15 is 0 Å². The fourth-order valence-electron chi connectivity index (χ4n) is 2.27. The lowest BCUT2D eigenvalue weighted by molar-refractivity contribution is 0.0882. The van der Waals surface area contributed by atoms with Crippen molar-refractivity contribution in [3.63, 3.8) is 0 Å². The zero-order chi connectivity index (χ0) is 16.3. The zero-order valence-electron chi connectivity index (χ0n) is 13.3. The second-order valence-electron chi connectivity index (χ2n) is 6.50. The Balaban J connectivity index is 2.02. The molecule has 22 heavy (non-hydrogen) atoms. The summed E-state index contributed by atoms with van der Waals surface area (Å²) in [6, 6.07) is 9.61. The van der Waals surface area contributed by atoms with E-state index in [9.17, 15) is 9.59 Å². The van der Waals surface area contributed by atoms with Crippen LogP contribution in [0.1, 0.15) is 48.8 Å². The van der Waals surface area contributed by atoms with Gasteiger partial charge >= 0.3 is 0 Å². The van der Waals surface area contributed by atoms with Gasteiger partial charge in [-0.3, -0.25) is 14.7 Å². The van der Waals surface area contributed by atoms with E-state index < -0.39 is 0 Å². The van der Waals surface area contributed by atoms with Crippen LogP contribution in [0.2, 0.25) is 0 Å². The minimum atomic E-state index is -0.353. The molecule has 0 aliphatic carbocycles. The van der Waals surface area contributed by atoms with E-state index in [2.05, 4.69) is 38.0 Å². The molecule has 0 saturated heterocycles. The first-order valence-corrected chi connectivity index (χ1v) is 7.45. The number of nitrogens with one attached hydrogen (secondary N) is 1. The van der Waals surface area contributed by atoms with Crippen LogP contribution in [0.5, 0.6) is 0 Å². The lowest BCUT2D eigenvalue weighted by atomic mass is 9.86. The number of H-pyrrole nitrogens is 1. The smallest absolute Gasteiger partial charge is 0.273 e. The van der Waals surface area contributed by atoms with Gasteiger partial charge in [0.2, 0.25) is 5.91 Å². The van der Waals surface area contributed by atoms with Crippen molar-refractivity contribution < 1.29 is 4.79 Å². The van der Waals surface area contributed by atoms with Crippen LogP contribution in [0.25, 0.3) is 0 Å². The van der Waals surface area contributed by atoms with Gasteiger partial charge in [-0.05, 0) is 23.0 Å². The minimum Gasteiger partial charge on any atom is -0.325 e. The first kappa shape index (κ1) is 16.2. The molecule has 118 valence electrons. The summed E-state index contributed by atoms with van der Waals surface area (Å²) in [5, 5.41) is 2.73. The van der Waals surface area contributed by atoms with E-state index in [0.717, 1.165) is 10.2 Å². The summed E-state index contributed by atoms with van der Waals surface area (Å²) in [5.74, 6) is -0.246. The Morgan fingerprint density at radius 3 is 2.36 bits per heavy atom. The molecule has 1 aromatic carbocycles. The van der Waals surface area contributed by atoms with Gasteiger partial charge in [-0.2, -0.15) is 4.68 Å². The van der Waals surface area contributed by atoms with Crippen molar-refractivity contribution in [3.8, 4) is 0 Å². The number of hydrogen-bond donors (Lipinski definition) is 2. The maximum atomic E-state index is 12.1. The second-order valence-corrected chi connectivity index (χ2v) is 6.50. The van der Waals surface area contributed by atoms with Gasteiger partial charge in [-0.1, -0.05) is 45.0 Å². The van der Waals surface area contributed by atoms with Crippen molar-refractivity contribution in [1.82, 2.24) is 9.78 Å². The third kappa shape index (κ3) is 3.74. The molecule has 0 aliphatic heterocycles. The lowest BCUT2D eigenvalue weighted by Crippen LogP contribution is -2.24. The number of aromatic nitrogens is 2. The fraction of sp³-hybridized carbons (Fsp3) is 0.412. The number of nitrogens with zero attached hydrogens (tertiary/aromatic N) is 1. The summed E-state index contributed by atoms with van der Waals surface area (Å²) in [6.45, 7) is 6.71. The van der Waals surface area contributed by atoms with Crippen LogP contribution in [0, 0.1) is 0 Å². The molecule has 0 atom stereocenters. The first-order chi connectivity index (χ1) is 10.3. The van der Waals surface area contributed by atoms with Crippen molar-refractivity contribution in [2.75, 3.05) is 0 Å². The molecule has 2 rings (SSSR count). The number of rotatable bonds is 4. The molecule has 0 fully saturated rings. The summed E-state index contributed by atoms with van der Waals surface area (Å²) in [7, 11) is 0. The molecule has 3 N–H and O–H groups in total. The largest absolute Gasteiger partial charge is 0.325 e. The van der Waals surface area contributed by atoms with Crippen molar-refractivity contribution in [2.24, 2.45) is 5.73 Å². The predicted molar refractivity (Wildman–Crippen MR) is 87.0 cm³/mol. The molecule has 0 unspecified atom stereocenters. The topological polar surface area (TPSA) is 80.9 Å². The third-order valence-electron chi connectivity index (χ3n) is 3.69. The highest BCUT2D eigenvalue weighted by Gasteiger charge is 2.14. The van der Waals surface area contributed by atoms with Crippen molar-refractivity contribution in [3.05, 3.63) is 57.5 Å². The number of hydrogen-bond acceptors (Lipinski definition) is 3. The Morgan fingerprint density at radius 1 is 1.23 bits per heavy atom. The molecule has 0 aliphatic rings. The first-order valence-electron chi connectivity index (χ1n) is 7.45. The Hall–Kier alpha value is -2.14. The summed E-state index contributed by atoms with van der Waals surface area (Å²) < 4.78 is 1.03. The highest BCUT2D eigenvalue weighted by molar-refractivity contribution is 5.78. The quantitative estimate of drug-likeness (QED) is 0.908. The van der Waals surface area contributed by atoms with Gasteiger partial charge in [0.15, 0.2) is 0 Å². The van der Waals surface area contributed by atoms with E-state index in [1.807, 2.05) is 12.1 Å². The number of aryl methyl sites for hydroxylation is 1. The van der Waals surface area contributed by atoms with E-state index in [0.29, 0.717) is 12.1 Å². The van der Waals surface area contributed by atoms with Crippen LogP contribution in [0.3, 0.4) is 0 Å². The van der Waals surface area contributed by atoms with Crippen LogP contribution in [0.15, 0.2) is 35.1 Å². The van der Waals surface area contributed by atoms with Crippen LogP contribution in [-0.4, -0.2) is 15.7 Å². The number of carbonyl (C=O) groups is 1. The molecule has 5 heteroatoms. The summed E-state index contributed by atoms with van der Waals surface area (Å²) in [6.07, 6.45) is 0.881. The van der Waals surface area contributed by atoms with Crippen LogP contribution in [0.4, 0.5) is 0 Å². The van der Waals surface area contributed by atoms with Gasteiger partial charge in [0.05, 0.1) is 5.69 Å². The molecule has 0 amide bonds. The van der Waals surface area contributed by atoms with E-state index in [1.54, 1.807) is 0 Å². The SMILES string of the molecule is CC(C)(C)c1ccc(CCC(=O)n2[nH]c(CN)cc2=O)cc1. The Morgan fingerprint density at radius 2 is 1.86 bits per heavy atom. The van der Waals surface area contributed by atoms with Crippen molar-refractivity contribution in [2.45, 2.75) is 45.6 Å². The lowest BCUT2D eigenvalue weighted by Gasteiger charge is -2.19. The molecular formula is C17H23N3O2. The Labute approximate surface area is 130 Å².